The van der Waals surface area contributed by atoms with Crippen molar-refractivity contribution in [2.24, 2.45) is 0 Å². The van der Waals surface area contributed by atoms with Gasteiger partial charge in [-0.05, 0) is 37.1 Å². The van der Waals surface area contributed by atoms with Crippen LogP contribution in [0.25, 0.3) is 0 Å². The normalized spacial score (nSPS) is 10.9. The summed E-state index contributed by atoms with van der Waals surface area (Å²) in [4.78, 5) is 16.4. The van der Waals surface area contributed by atoms with E-state index in [0.717, 1.165) is 27.0 Å². The third kappa shape index (κ3) is 5.80. The molecule has 130 valence electrons. The van der Waals surface area contributed by atoms with Crippen LogP contribution < -0.4 is 10.1 Å². The van der Waals surface area contributed by atoms with Crippen molar-refractivity contribution in [2.45, 2.75) is 46.1 Å². The van der Waals surface area contributed by atoms with E-state index in [2.05, 4.69) is 24.1 Å². The number of amides is 1. The van der Waals surface area contributed by atoms with Crippen LogP contribution >= 0.6 is 22.9 Å². The summed E-state index contributed by atoms with van der Waals surface area (Å²) >= 11 is 7.61. The van der Waals surface area contributed by atoms with Gasteiger partial charge in [0.2, 0.25) is 5.91 Å². The van der Waals surface area contributed by atoms with E-state index in [4.69, 9.17) is 16.3 Å². The zero-order chi connectivity index (χ0) is 17.5. The van der Waals surface area contributed by atoms with Crippen LogP contribution in [0.4, 0.5) is 0 Å². The van der Waals surface area contributed by atoms with Crippen LogP contribution in [0, 0.1) is 6.92 Å². The second-order valence-corrected chi connectivity index (χ2v) is 7.27. The lowest BCUT2D eigenvalue weighted by atomic mass is 10.2. The molecule has 0 aliphatic rings. The predicted octanol–water partition coefficient (Wildman–Crippen LogP) is 4.70. The van der Waals surface area contributed by atoms with Crippen molar-refractivity contribution >= 4 is 28.8 Å². The van der Waals surface area contributed by atoms with Gasteiger partial charge in [-0.2, -0.15) is 0 Å². The number of halogens is 1. The molecule has 2 rings (SSSR count). The maximum atomic E-state index is 11.9. The fourth-order valence-electron chi connectivity index (χ4n) is 2.08. The van der Waals surface area contributed by atoms with Gasteiger partial charge in [0.05, 0.1) is 23.9 Å². The summed E-state index contributed by atoms with van der Waals surface area (Å²) in [6.45, 7) is 7.15. The van der Waals surface area contributed by atoms with Crippen LogP contribution in [0.3, 0.4) is 0 Å². The maximum Gasteiger partial charge on any atom is 0.220 e. The standard InChI is InChI=1S/C18H23ClN2O2S/c1-12(2)18-21-14(11-24-18)10-20-17(22)5-4-8-23-15-6-7-16(19)13(3)9-15/h6-7,9,11-12H,4-5,8,10H2,1-3H3,(H,20,22). The molecule has 2 aromatic rings. The molecule has 4 nitrogen and oxygen atoms in total. The first-order chi connectivity index (χ1) is 11.5. The Labute approximate surface area is 152 Å². The Morgan fingerprint density at radius 1 is 1.42 bits per heavy atom. The largest absolute Gasteiger partial charge is 0.494 e. The first-order valence-corrected chi connectivity index (χ1v) is 9.31. The molecule has 0 saturated heterocycles. The molecule has 0 radical (unpaired) electrons. The van der Waals surface area contributed by atoms with E-state index in [0.29, 0.717) is 31.9 Å². The lowest BCUT2D eigenvalue weighted by Gasteiger charge is -2.08. The van der Waals surface area contributed by atoms with E-state index in [-0.39, 0.29) is 5.91 Å². The molecular weight excluding hydrogens is 344 g/mol. The summed E-state index contributed by atoms with van der Waals surface area (Å²) in [5, 5.41) is 6.73. The van der Waals surface area contributed by atoms with Gasteiger partial charge in [-0.3, -0.25) is 4.79 Å². The molecule has 6 heteroatoms. The number of nitrogens with one attached hydrogen (secondary N) is 1. The SMILES string of the molecule is Cc1cc(OCCCC(=O)NCc2csc(C(C)C)n2)ccc1Cl. The second kappa shape index (κ2) is 9.04. The van der Waals surface area contributed by atoms with E-state index >= 15 is 0 Å². The molecule has 0 bridgehead atoms. The number of hydrogen-bond acceptors (Lipinski definition) is 4. The highest BCUT2D eigenvalue weighted by Gasteiger charge is 2.07. The number of hydrogen-bond donors (Lipinski definition) is 1. The highest BCUT2D eigenvalue weighted by molar-refractivity contribution is 7.09. The molecule has 1 aromatic heterocycles. The average Bonchev–Trinajstić information content (AvgIpc) is 3.02. The summed E-state index contributed by atoms with van der Waals surface area (Å²) in [6.07, 6.45) is 1.11. The van der Waals surface area contributed by atoms with Crippen LogP contribution in [-0.4, -0.2) is 17.5 Å². The summed E-state index contributed by atoms with van der Waals surface area (Å²) in [5.41, 5.74) is 1.90. The predicted molar refractivity (Wildman–Crippen MR) is 99.0 cm³/mol. The molecule has 1 N–H and O–H groups in total. The zero-order valence-electron chi connectivity index (χ0n) is 14.3. The molecule has 0 fully saturated rings. The number of benzene rings is 1. The maximum absolute atomic E-state index is 11.9. The minimum absolute atomic E-state index is 0.0185. The number of aryl methyl sites for hydroxylation is 1. The lowest BCUT2D eigenvalue weighted by Crippen LogP contribution is -2.23. The minimum Gasteiger partial charge on any atom is -0.494 e. The molecule has 0 saturated carbocycles. The smallest absolute Gasteiger partial charge is 0.220 e. The first-order valence-electron chi connectivity index (χ1n) is 8.05. The molecule has 1 amide bonds. The van der Waals surface area contributed by atoms with Crippen LogP contribution in [0.2, 0.25) is 5.02 Å². The lowest BCUT2D eigenvalue weighted by molar-refractivity contribution is -0.121. The fraction of sp³-hybridized carbons (Fsp3) is 0.444. The van der Waals surface area contributed by atoms with Gasteiger partial charge >= 0.3 is 0 Å². The number of aromatic nitrogens is 1. The Hall–Kier alpha value is -1.59. The van der Waals surface area contributed by atoms with E-state index in [1.807, 2.05) is 30.5 Å². The van der Waals surface area contributed by atoms with Crippen molar-refractivity contribution in [3.05, 3.63) is 44.9 Å². The summed E-state index contributed by atoms with van der Waals surface area (Å²) in [6, 6.07) is 5.55. The van der Waals surface area contributed by atoms with Gasteiger partial charge in [-0.1, -0.05) is 25.4 Å². The summed E-state index contributed by atoms with van der Waals surface area (Å²) in [5.74, 6) is 1.22. The molecule has 0 aliphatic carbocycles. The number of thiazole rings is 1. The highest BCUT2D eigenvalue weighted by Crippen LogP contribution is 2.21. The summed E-state index contributed by atoms with van der Waals surface area (Å²) < 4.78 is 5.64. The van der Waals surface area contributed by atoms with Gasteiger partial charge in [0.15, 0.2) is 0 Å². The molecule has 24 heavy (non-hydrogen) atoms. The molecule has 1 heterocycles. The van der Waals surface area contributed by atoms with Crippen LogP contribution in [0.15, 0.2) is 23.6 Å². The van der Waals surface area contributed by atoms with Gasteiger partial charge in [0.1, 0.15) is 5.75 Å². The van der Waals surface area contributed by atoms with Crippen molar-refractivity contribution in [3.8, 4) is 5.75 Å². The fourth-order valence-corrected chi connectivity index (χ4v) is 3.03. The van der Waals surface area contributed by atoms with E-state index in [9.17, 15) is 4.79 Å². The average molecular weight is 367 g/mol. The number of carbonyl (C=O) groups excluding carboxylic acids is 1. The molecular formula is C18H23ClN2O2S. The Morgan fingerprint density at radius 2 is 2.21 bits per heavy atom. The van der Waals surface area contributed by atoms with Crippen molar-refractivity contribution in [1.29, 1.82) is 0 Å². The molecule has 1 aromatic carbocycles. The van der Waals surface area contributed by atoms with Crippen LogP contribution in [0.5, 0.6) is 5.75 Å². The third-order valence-electron chi connectivity index (χ3n) is 3.48. The van der Waals surface area contributed by atoms with E-state index < -0.39 is 0 Å². The highest BCUT2D eigenvalue weighted by atomic mass is 35.5. The van der Waals surface area contributed by atoms with E-state index in [1.54, 1.807) is 11.3 Å². The number of nitrogens with zero attached hydrogens (tertiary/aromatic N) is 1. The zero-order valence-corrected chi connectivity index (χ0v) is 15.8. The molecule has 0 atom stereocenters. The number of rotatable bonds is 8. The quantitative estimate of drug-likeness (QED) is 0.688. The molecule has 0 unspecified atom stereocenters. The first kappa shape index (κ1) is 18.7. The van der Waals surface area contributed by atoms with Crippen molar-refractivity contribution < 1.29 is 9.53 Å². The van der Waals surface area contributed by atoms with Crippen molar-refractivity contribution in [2.75, 3.05) is 6.61 Å². The number of ether oxygens (including phenoxy) is 1. The van der Waals surface area contributed by atoms with Gasteiger partial charge in [-0.15, -0.1) is 11.3 Å². The molecule has 0 spiro atoms. The van der Waals surface area contributed by atoms with Gasteiger partial charge in [0.25, 0.3) is 0 Å². The Bertz CT molecular complexity index is 685. The Morgan fingerprint density at radius 3 is 2.88 bits per heavy atom. The Kier molecular flexibility index (Phi) is 7.06. The monoisotopic (exact) mass is 366 g/mol. The van der Waals surface area contributed by atoms with Crippen molar-refractivity contribution in [3.63, 3.8) is 0 Å². The van der Waals surface area contributed by atoms with Gasteiger partial charge in [-0.25, -0.2) is 4.98 Å². The topological polar surface area (TPSA) is 51.2 Å². The van der Waals surface area contributed by atoms with Crippen molar-refractivity contribution in [1.82, 2.24) is 10.3 Å². The van der Waals surface area contributed by atoms with Crippen LogP contribution in [-0.2, 0) is 11.3 Å². The minimum atomic E-state index is 0.0185. The summed E-state index contributed by atoms with van der Waals surface area (Å²) in [7, 11) is 0. The molecule has 0 aliphatic heterocycles. The Balaban J connectivity index is 1.64. The van der Waals surface area contributed by atoms with Crippen LogP contribution in [0.1, 0.15) is 48.9 Å². The van der Waals surface area contributed by atoms with Gasteiger partial charge in [0, 0.05) is 22.7 Å². The number of carbonyl (C=O) groups is 1. The van der Waals surface area contributed by atoms with Gasteiger partial charge < -0.3 is 10.1 Å². The third-order valence-corrected chi connectivity index (χ3v) is 5.09. The second-order valence-electron chi connectivity index (χ2n) is 5.97. The van der Waals surface area contributed by atoms with E-state index in [1.165, 1.54) is 0 Å².